The number of carbonyl (C=O) groups is 1. The van der Waals surface area contributed by atoms with E-state index in [9.17, 15) is 4.79 Å². The zero-order chi connectivity index (χ0) is 17.2. The molecule has 5 heteroatoms. The molecule has 0 radical (unpaired) electrons. The van der Waals surface area contributed by atoms with Crippen LogP contribution in [-0.2, 0) is 17.8 Å². The standard InChI is InChI=1S/C19H30N4O/c1-3-15-8-4-5-9-16(15)14-22-19(20-2)21-13-12-18(24)23-17-10-6-7-11-17/h4-5,8-9,17H,3,6-7,10-14H2,1-2H3,(H,23,24)(H2,20,21,22). The van der Waals surface area contributed by atoms with Crippen LogP contribution < -0.4 is 16.0 Å². The highest BCUT2D eigenvalue weighted by molar-refractivity contribution is 5.81. The number of guanidine groups is 1. The summed E-state index contributed by atoms with van der Waals surface area (Å²) in [5.41, 5.74) is 2.62. The lowest BCUT2D eigenvalue weighted by Crippen LogP contribution is -2.40. The molecule has 2 rings (SSSR count). The Kier molecular flexibility index (Phi) is 7.59. The van der Waals surface area contributed by atoms with Crippen molar-refractivity contribution < 1.29 is 4.79 Å². The van der Waals surface area contributed by atoms with E-state index in [4.69, 9.17) is 0 Å². The molecule has 0 aromatic heterocycles. The van der Waals surface area contributed by atoms with Crippen LogP contribution in [0.4, 0.5) is 0 Å². The molecular weight excluding hydrogens is 300 g/mol. The number of aryl methyl sites for hydroxylation is 1. The van der Waals surface area contributed by atoms with Crippen molar-refractivity contribution in [1.82, 2.24) is 16.0 Å². The van der Waals surface area contributed by atoms with E-state index in [2.05, 4.69) is 52.1 Å². The molecule has 1 saturated carbocycles. The van der Waals surface area contributed by atoms with Crippen molar-refractivity contribution in [2.45, 2.75) is 58.0 Å². The topological polar surface area (TPSA) is 65.5 Å². The Morgan fingerprint density at radius 3 is 2.54 bits per heavy atom. The summed E-state index contributed by atoms with van der Waals surface area (Å²) in [6.45, 7) is 3.49. The van der Waals surface area contributed by atoms with Crippen molar-refractivity contribution >= 4 is 11.9 Å². The highest BCUT2D eigenvalue weighted by Gasteiger charge is 2.16. The third-order valence-electron chi connectivity index (χ3n) is 4.53. The van der Waals surface area contributed by atoms with Gasteiger partial charge in [0.15, 0.2) is 5.96 Å². The first-order chi connectivity index (χ1) is 11.7. The second-order valence-electron chi connectivity index (χ2n) is 6.27. The maximum Gasteiger partial charge on any atom is 0.221 e. The second kappa shape index (κ2) is 9.96. The van der Waals surface area contributed by atoms with Crippen LogP contribution in [0.25, 0.3) is 0 Å². The van der Waals surface area contributed by atoms with E-state index in [1.54, 1.807) is 7.05 Å². The zero-order valence-corrected chi connectivity index (χ0v) is 14.9. The smallest absolute Gasteiger partial charge is 0.221 e. The van der Waals surface area contributed by atoms with Gasteiger partial charge in [-0.2, -0.15) is 0 Å². The summed E-state index contributed by atoms with van der Waals surface area (Å²) in [7, 11) is 1.75. The summed E-state index contributed by atoms with van der Waals surface area (Å²) in [5.74, 6) is 0.857. The molecule has 1 aliphatic rings. The Labute approximate surface area is 145 Å². The monoisotopic (exact) mass is 330 g/mol. The van der Waals surface area contributed by atoms with Crippen LogP contribution in [0, 0.1) is 0 Å². The van der Waals surface area contributed by atoms with Crippen LogP contribution in [0.2, 0.25) is 0 Å². The average molecular weight is 330 g/mol. The molecule has 0 unspecified atom stereocenters. The molecule has 24 heavy (non-hydrogen) atoms. The minimum atomic E-state index is 0.126. The number of aliphatic imine (C=N–C) groups is 1. The Morgan fingerprint density at radius 1 is 1.17 bits per heavy atom. The molecule has 0 heterocycles. The van der Waals surface area contributed by atoms with Crippen LogP contribution in [-0.4, -0.2) is 31.5 Å². The lowest BCUT2D eigenvalue weighted by atomic mass is 10.1. The molecule has 0 bridgehead atoms. The highest BCUT2D eigenvalue weighted by Crippen LogP contribution is 2.17. The van der Waals surface area contributed by atoms with Gasteiger partial charge in [-0.05, 0) is 30.4 Å². The van der Waals surface area contributed by atoms with Gasteiger partial charge in [0.2, 0.25) is 5.91 Å². The predicted molar refractivity (Wildman–Crippen MR) is 99.0 cm³/mol. The fraction of sp³-hybridized carbons (Fsp3) is 0.579. The molecule has 0 atom stereocenters. The Bertz CT molecular complexity index is 550. The van der Waals surface area contributed by atoms with Gasteiger partial charge in [-0.25, -0.2) is 0 Å². The minimum Gasteiger partial charge on any atom is -0.356 e. The van der Waals surface area contributed by atoms with Gasteiger partial charge in [0.05, 0.1) is 0 Å². The summed E-state index contributed by atoms with van der Waals surface area (Å²) in [4.78, 5) is 16.1. The lowest BCUT2D eigenvalue weighted by Gasteiger charge is -2.15. The third-order valence-corrected chi connectivity index (χ3v) is 4.53. The number of nitrogens with zero attached hydrogens (tertiary/aromatic N) is 1. The largest absolute Gasteiger partial charge is 0.356 e. The van der Waals surface area contributed by atoms with Crippen LogP contribution in [0.3, 0.4) is 0 Å². The maximum absolute atomic E-state index is 11.9. The summed E-state index contributed by atoms with van der Waals surface area (Å²) < 4.78 is 0. The molecule has 1 amide bonds. The van der Waals surface area contributed by atoms with E-state index in [0.717, 1.165) is 31.8 Å². The molecule has 1 fully saturated rings. The van der Waals surface area contributed by atoms with Crippen LogP contribution in [0.15, 0.2) is 29.3 Å². The summed E-state index contributed by atoms with van der Waals surface area (Å²) in [6.07, 6.45) is 6.21. The van der Waals surface area contributed by atoms with Crippen molar-refractivity contribution in [3.05, 3.63) is 35.4 Å². The summed E-state index contributed by atoms with van der Waals surface area (Å²) in [6, 6.07) is 8.80. The summed E-state index contributed by atoms with van der Waals surface area (Å²) in [5, 5.41) is 9.63. The van der Waals surface area contributed by atoms with E-state index < -0.39 is 0 Å². The molecule has 5 nitrogen and oxygen atoms in total. The molecular formula is C19H30N4O. The Hall–Kier alpha value is -2.04. The zero-order valence-electron chi connectivity index (χ0n) is 14.9. The van der Waals surface area contributed by atoms with Crippen molar-refractivity contribution in [3.63, 3.8) is 0 Å². The normalized spacial score (nSPS) is 15.3. The lowest BCUT2D eigenvalue weighted by molar-refractivity contribution is -0.121. The number of carbonyl (C=O) groups excluding carboxylic acids is 1. The Morgan fingerprint density at radius 2 is 1.88 bits per heavy atom. The fourth-order valence-electron chi connectivity index (χ4n) is 3.14. The first-order valence-corrected chi connectivity index (χ1v) is 9.03. The maximum atomic E-state index is 11.9. The van der Waals surface area contributed by atoms with Gasteiger partial charge in [-0.3, -0.25) is 9.79 Å². The molecule has 1 aliphatic carbocycles. The molecule has 132 valence electrons. The van der Waals surface area contributed by atoms with Gasteiger partial charge in [-0.1, -0.05) is 44.0 Å². The highest BCUT2D eigenvalue weighted by atomic mass is 16.1. The molecule has 1 aromatic rings. The van der Waals surface area contributed by atoms with Gasteiger partial charge in [0.1, 0.15) is 0 Å². The Balaban J connectivity index is 1.69. The number of amides is 1. The van der Waals surface area contributed by atoms with Gasteiger partial charge < -0.3 is 16.0 Å². The van der Waals surface area contributed by atoms with E-state index in [1.807, 2.05) is 0 Å². The molecule has 1 aromatic carbocycles. The van der Waals surface area contributed by atoms with Crippen molar-refractivity contribution in [3.8, 4) is 0 Å². The SMILES string of the molecule is CCc1ccccc1CNC(=NC)NCCC(=O)NC1CCCC1. The quantitative estimate of drug-likeness (QED) is 0.531. The number of nitrogens with one attached hydrogen (secondary N) is 3. The van der Waals surface area contributed by atoms with Crippen LogP contribution in [0.1, 0.15) is 50.2 Å². The molecule has 0 aliphatic heterocycles. The summed E-state index contributed by atoms with van der Waals surface area (Å²) >= 11 is 0. The fourth-order valence-corrected chi connectivity index (χ4v) is 3.14. The van der Waals surface area contributed by atoms with E-state index in [-0.39, 0.29) is 5.91 Å². The van der Waals surface area contributed by atoms with E-state index in [1.165, 1.54) is 24.0 Å². The van der Waals surface area contributed by atoms with Crippen molar-refractivity contribution in [2.24, 2.45) is 4.99 Å². The van der Waals surface area contributed by atoms with E-state index >= 15 is 0 Å². The first-order valence-electron chi connectivity index (χ1n) is 9.03. The number of benzene rings is 1. The second-order valence-corrected chi connectivity index (χ2v) is 6.27. The number of hydrogen-bond acceptors (Lipinski definition) is 2. The average Bonchev–Trinajstić information content (AvgIpc) is 3.11. The third kappa shape index (κ3) is 5.87. The molecule has 0 spiro atoms. The number of hydrogen-bond donors (Lipinski definition) is 3. The molecule has 0 saturated heterocycles. The van der Waals surface area contributed by atoms with E-state index in [0.29, 0.717) is 19.0 Å². The van der Waals surface area contributed by atoms with Gasteiger partial charge >= 0.3 is 0 Å². The van der Waals surface area contributed by atoms with Gasteiger partial charge in [0, 0.05) is 32.6 Å². The van der Waals surface area contributed by atoms with Crippen molar-refractivity contribution in [1.29, 1.82) is 0 Å². The first kappa shape index (κ1) is 18.3. The van der Waals surface area contributed by atoms with Gasteiger partial charge in [0.25, 0.3) is 0 Å². The van der Waals surface area contributed by atoms with Gasteiger partial charge in [-0.15, -0.1) is 0 Å². The number of rotatable bonds is 7. The van der Waals surface area contributed by atoms with Crippen LogP contribution in [0.5, 0.6) is 0 Å². The van der Waals surface area contributed by atoms with Crippen molar-refractivity contribution in [2.75, 3.05) is 13.6 Å². The predicted octanol–water partition coefficient (Wildman–Crippen LogP) is 2.36. The minimum absolute atomic E-state index is 0.126. The van der Waals surface area contributed by atoms with Crippen LogP contribution >= 0.6 is 0 Å². The molecule has 3 N–H and O–H groups in total.